The van der Waals surface area contributed by atoms with Crippen LogP contribution in [0.2, 0.25) is 0 Å². The number of furan rings is 1. The van der Waals surface area contributed by atoms with E-state index in [2.05, 4.69) is 15.9 Å². The molecule has 18 heavy (non-hydrogen) atoms. The standard InChI is InChI=1S/C15H25BrO2/c16-11-7-5-3-1-2-4-6-8-12-17-14-15-10-9-13-18-15/h9-10,13H,1-8,11-12,14H2. The Morgan fingerprint density at radius 2 is 1.61 bits per heavy atom. The SMILES string of the molecule is BrCCCCCCCCCCOCc1ccco1. The van der Waals surface area contributed by atoms with Crippen LogP contribution in [0, 0.1) is 0 Å². The number of ether oxygens (including phenoxy) is 1. The van der Waals surface area contributed by atoms with Gasteiger partial charge in [-0.1, -0.05) is 54.5 Å². The van der Waals surface area contributed by atoms with Crippen molar-refractivity contribution in [3.8, 4) is 0 Å². The molecule has 0 saturated heterocycles. The van der Waals surface area contributed by atoms with Gasteiger partial charge in [0.15, 0.2) is 0 Å². The summed E-state index contributed by atoms with van der Waals surface area (Å²) in [5, 5.41) is 1.15. The van der Waals surface area contributed by atoms with Gasteiger partial charge in [-0.2, -0.15) is 0 Å². The first-order valence-corrected chi connectivity index (χ1v) is 8.21. The van der Waals surface area contributed by atoms with Crippen LogP contribution in [-0.2, 0) is 11.3 Å². The molecule has 3 heteroatoms. The molecule has 0 spiro atoms. The van der Waals surface area contributed by atoms with Crippen molar-refractivity contribution in [2.75, 3.05) is 11.9 Å². The van der Waals surface area contributed by atoms with Crippen LogP contribution in [0.1, 0.15) is 57.1 Å². The van der Waals surface area contributed by atoms with Crippen LogP contribution in [0.4, 0.5) is 0 Å². The van der Waals surface area contributed by atoms with Crippen LogP contribution in [0.25, 0.3) is 0 Å². The molecule has 1 aromatic heterocycles. The Morgan fingerprint density at radius 1 is 0.944 bits per heavy atom. The van der Waals surface area contributed by atoms with Crippen molar-refractivity contribution in [1.29, 1.82) is 0 Å². The normalized spacial score (nSPS) is 10.9. The van der Waals surface area contributed by atoms with Crippen LogP contribution in [-0.4, -0.2) is 11.9 Å². The number of alkyl halides is 1. The highest BCUT2D eigenvalue weighted by molar-refractivity contribution is 9.09. The van der Waals surface area contributed by atoms with Gasteiger partial charge in [-0.3, -0.25) is 0 Å². The van der Waals surface area contributed by atoms with E-state index in [9.17, 15) is 0 Å². The first-order valence-electron chi connectivity index (χ1n) is 7.09. The minimum Gasteiger partial charge on any atom is -0.467 e. The summed E-state index contributed by atoms with van der Waals surface area (Å²) in [7, 11) is 0. The summed E-state index contributed by atoms with van der Waals surface area (Å²) >= 11 is 3.46. The van der Waals surface area contributed by atoms with Gasteiger partial charge in [0.2, 0.25) is 0 Å². The van der Waals surface area contributed by atoms with Crippen molar-refractivity contribution in [3.05, 3.63) is 24.2 Å². The molecular weight excluding hydrogens is 292 g/mol. The average molecular weight is 317 g/mol. The Balaban J connectivity index is 1.73. The lowest BCUT2D eigenvalue weighted by Crippen LogP contribution is -1.94. The molecule has 1 rings (SSSR count). The molecule has 0 aliphatic rings. The highest BCUT2D eigenvalue weighted by atomic mass is 79.9. The molecule has 1 heterocycles. The monoisotopic (exact) mass is 316 g/mol. The first kappa shape index (κ1) is 15.8. The average Bonchev–Trinajstić information content (AvgIpc) is 2.89. The van der Waals surface area contributed by atoms with E-state index in [0.29, 0.717) is 6.61 Å². The lowest BCUT2D eigenvalue weighted by atomic mass is 10.1. The Morgan fingerprint density at radius 3 is 2.22 bits per heavy atom. The number of unbranched alkanes of at least 4 members (excludes halogenated alkanes) is 7. The fraction of sp³-hybridized carbons (Fsp3) is 0.733. The summed E-state index contributed by atoms with van der Waals surface area (Å²) in [6.45, 7) is 1.46. The highest BCUT2D eigenvalue weighted by Crippen LogP contribution is 2.09. The van der Waals surface area contributed by atoms with Crippen molar-refractivity contribution >= 4 is 15.9 Å². The molecule has 104 valence electrons. The molecule has 0 N–H and O–H groups in total. The van der Waals surface area contributed by atoms with Gasteiger partial charge in [0.1, 0.15) is 12.4 Å². The third kappa shape index (κ3) is 8.76. The van der Waals surface area contributed by atoms with E-state index < -0.39 is 0 Å². The van der Waals surface area contributed by atoms with Crippen LogP contribution in [0.3, 0.4) is 0 Å². The lowest BCUT2D eigenvalue weighted by molar-refractivity contribution is 0.102. The first-order chi connectivity index (χ1) is 8.93. The molecule has 1 aromatic rings. The molecule has 0 unspecified atom stereocenters. The summed E-state index contributed by atoms with van der Waals surface area (Å²) in [6, 6.07) is 3.85. The second-order valence-electron chi connectivity index (χ2n) is 4.65. The van der Waals surface area contributed by atoms with Gasteiger partial charge < -0.3 is 9.15 Å². The number of hydrogen-bond acceptors (Lipinski definition) is 2. The largest absolute Gasteiger partial charge is 0.467 e. The Bertz CT molecular complexity index is 259. The van der Waals surface area contributed by atoms with Crippen molar-refractivity contribution in [2.45, 2.75) is 58.0 Å². The van der Waals surface area contributed by atoms with E-state index in [1.807, 2.05) is 12.1 Å². The molecule has 0 amide bonds. The lowest BCUT2D eigenvalue weighted by Gasteiger charge is -2.03. The molecular formula is C15H25BrO2. The maximum absolute atomic E-state index is 5.54. The third-order valence-corrected chi connectivity index (χ3v) is 3.56. The summed E-state index contributed by atoms with van der Waals surface area (Å²) < 4.78 is 10.7. The van der Waals surface area contributed by atoms with E-state index in [1.54, 1.807) is 6.26 Å². The predicted molar refractivity (Wildman–Crippen MR) is 79.1 cm³/mol. The molecule has 0 aliphatic carbocycles. The van der Waals surface area contributed by atoms with E-state index >= 15 is 0 Å². The van der Waals surface area contributed by atoms with E-state index in [0.717, 1.165) is 17.7 Å². The Kier molecular flexibility index (Phi) is 10.3. The molecule has 0 atom stereocenters. The fourth-order valence-electron chi connectivity index (χ4n) is 1.93. The van der Waals surface area contributed by atoms with Gasteiger partial charge >= 0.3 is 0 Å². The van der Waals surface area contributed by atoms with Gasteiger partial charge in [-0.25, -0.2) is 0 Å². The molecule has 0 fully saturated rings. The predicted octanol–water partition coefficient (Wildman–Crippen LogP) is 5.31. The van der Waals surface area contributed by atoms with Crippen molar-refractivity contribution in [1.82, 2.24) is 0 Å². The van der Waals surface area contributed by atoms with Crippen LogP contribution in [0.15, 0.2) is 22.8 Å². The molecule has 0 bridgehead atoms. The zero-order valence-electron chi connectivity index (χ0n) is 11.2. The smallest absolute Gasteiger partial charge is 0.129 e. The number of hydrogen-bond donors (Lipinski definition) is 0. The maximum Gasteiger partial charge on any atom is 0.129 e. The molecule has 0 radical (unpaired) electrons. The second-order valence-corrected chi connectivity index (χ2v) is 5.44. The third-order valence-electron chi connectivity index (χ3n) is 3.00. The van der Waals surface area contributed by atoms with Gasteiger partial charge in [-0.15, -0.1) is 0 Å². The fourth-order valence-corrected chi connectivity index (χ4v) is 2.32. The quantitative estimate of drug-likeness (QED) is 0.385. The van der Waals surface area contributed by atoms with Gasteiger partial charge in [0.05, 0.1) is 6.26 Å². The van der Waals surface area contributed by atoms with Gasteiger partial charge in [0.25, 0.3) is 0 Å². The molecule has 2 nitrogen and oxygen atoms in total. The molecule has 0 saturated carbocycles. The van der Waals surface area contributed by atoms with Crippen LogP contribution >= 0.6 is 15.9 Å². The highest BCUT2D eigenvalue weighted by Gasteiger charge is 1.96. The Labute approximate surface area is 119 Å². The summed E-state index contributed by atoms with van der Waals surface area (Å²) in [5.74, 6) is 0.918. The topological polar surface area (TPSA) is 22.4 Å². The summed E-state index contributed by atoms with van der Waals surface area (Å²) in [4.78, 5) is 0. The van der Waals surface area contributed by atoms with E-state index in [-0.39, 0.29) is 0 Å². The Hall–Kier alpha value is -0.280. The number of rotatable bonds is 12. The molecule has 0 aliphatic heterocycles. The minimum absolute atomic E-state index is 0.611. The van der Waals surface area contributed by atoms with E-state index in [4.69, 9.17) is 9.15 Å². The van der Waals surface area contributed by atoms with E-state index in [1.165, 1.54) is 51.4 Å². The van der Waals surface area contributed by atoms with Gasteiger partial charge in [0, 0.05) is 11.9 Å². The second kappa shape index (κ2) is 11.8. The zero-order chi connectivity index (χ0) is 12.9. The minimum atomic E-state index is 0.611. The van der Waals surface area contributed by atoms with Crippen molar-refractivity contribution < 1.29 is 9.15 Å². The van der Waals surface area contributed by atoms with Crippen LogP contribution < -0.4 is 0 Å². The molecule has 0 aromatic carbocycles. The number of halogens is 1. The summed E-state index contributed by atoms with van der Waals surface area (Å²) in [5.41, 5.74) is 0. The summed E-state index contributed by atoms with van der Waals surface area (Å²) in [6.07, 6.45) is 12.3. The van der Waals surface area contributed by atoms with Crippen molar-refractivity contribution in [2.24, 2.45) is 0 Å². The van der Waals surface area contributed by atoms with Gasteiger partial charge in [-0.05, 0) is 25.0 Å². The van der Waals surface area contributed by atoms with Crippen LogP contribution in [0.5, 0.6) is 0 Å². The zero-order valence-corrected chi connectivity index (χ0v) is 12.8. The maximum atomic E-state index is 5.54. The van der Waals surface area contributed by atoms with Crippen molar-refractivity contribution in [3.63, 3.8) is 0 Å².